The van der Waals surface area contributed by atoms with E-state index >= 15 is 0 Å². The van der Waals surface area contributed by atoms with Crippen LogP contribution in [0.4, 0.5) is 0 Å². The number of rotatable bonds is 5. The van der Waals surface area contributed by atoms with Crippen molar-refractivity contribution in [2.75, 3.05) is 0 Å². The van der Waals surface area contributed by atoms with Gasteiger partial charge >= 0.3 is 0 Å². The van der Waals surface area contributed by atoms with E-state index in [2.05, 4.69) is 0 Å². The second-order valence-corrected chi connectivity index (χ2v) is 10.0. The fourth-order valence-electron chi connectivity index (χ4n) is 4.11. The second-order valence-electron chi connectivity index (χ2n) is 8.23. The van der Waals surface area contributed by atoms with Crippen molar-refractivity contribution in [3.8, 4) is 0 Å². The van der Waals surface area contributed by atoms with E-state index in [0.29, 0.717) is 5.71 Å². The van der Waals surface area contributed by atoms with Crippen LogP contribution in [0.3, 0.4) is 0 Å². The van der Waals surface area contributed by atoms with Gasteiger partial charge in [0, 0.05) is 11.1 Å². The zero-order chi connectivity index (χ0) is 23.5. The van der Waals surface area contributed by atoms with Gasteiger partial charge in [0.2, 0.25) is 0 Å². The predicted molar refractivity (Wildman–Crippen MR) is 137 cm³/mol. The molecule has 0 N–H and O–H groups in total. The van der Waals surface area contributed by atoms with Crippen LogP contribution in [0.1, 0.15) is 28.3 Å². The lowest BCUT2D eigenvalue weighted by atomic mass is 9.91. The van der Waals surface area contributed by atoms with Crippen molar-refractivity contribution in [1.29, 1.82) is 0 Å². The fourth-order valence-corrected chi connectivity index (χ4v) is 5.51. The van der Waals surface area contributed by atoms with E-state index in [1.165, 1.54) is 4.41 Å². The number of hydrazone groups is 1. The third kappa shape index (κ3) is 4.18. The molecule has 0 saturated carbocycles. The minimum Gasteiger partial charge on any atom is -0.200 e. The van der Waals surface area contributed by atoms with Gasteiger partial charge in [-0.3, -0.25) is 0 Å². The highest BCUT2D eigenvalue weighted by molar-refractivity contribution is 7.89. The van der Waals surface area contributed by atoms with E-state index in [-0.39, 0.29) is 4.90 Å². The number of hydrogen-bond donors (Lipinski definition) is 0. The van der Waals surface area contributed by atoms with Crippen LogP contribution in [-0.2, 0) is 10.0 Å². The zero-order valence-electron chi connectivity index (χ0n) is 18.7. The Balaban J connectivity index is 1.74. The summed E-state index contributed by atoms with van der Waals surface area (Å²) < 4.78 is 29.1. The van der Waals surface area contributed by atoms with E-state index in [9.17, 15) is 8.42 Å². The first-order chi connectivity index (χ1) is 16.5. The van der Waals surface area contributed by atoms with Crippen LogP contribution in [0.15, 0.2) is 131 Å². The van der Waals surface area contributed by atoms with Crippen molar-refractivity contribution >= 4 is 21.8 Å². The van der Waals surface area contributed by atoms with E-state index in [4.69, 9.17) is 5.10 Å². The molecule has 168 valence electrons. The highest BCUT2D eigenvalue weighted by Gasteiger charge is 2.41. The van der Waals surface area contributed by atoms with Gasteiger partial charge in [0.15, 0.2) is 0 Å². The largest absolute Gasteiger partial charge is 0.279 e. The lowest BCUT2D eigenvalue weighted by molar-refractivity contribution is 0.398. The average Bonchev–Trinajstić information content (AvgIpc) is 3.26. The van der Waals surface area contributed by atoms with Gasteiger partial charge in [-0.05, 0) is 36.3 Å². The Labute approximate surface area is 200 Å². The Bertz CT molecular complexity index is 1450. The molecule has 0 aliphatic carbocycles. The monoisotopic (exact) mass is 464 g/mol. The summed E-state index contributed by atoms with van der Waals surface area (Å²) in [7, 11) is -3.91. The smallest absolute Gasteiger partial charge is 0.200 e. The molecule has 0 fully saturated rings. The summed E-state index contributed by atoms with van der Waals surface area (Å²) in [5, 5.41) is 4.76. The quantitative estimate of drug-likeness (QED) is 0.352. The van der Waals surface area contributed by atoms with Gasteiger partial charge in [-0.25, -0.2) is 0 Å². The van der Waals surface area contributed by atoms with Crippen LogP contribution in [0.5, 0.6) is 0 Å². The number of aryl methyl sites for hydroxylation is 1. The molecule has 1 atom stereocenters. The van der Waals surface area contributed by atoms with Crippen molar-refractivity contribution in [2.24, 2.45) is 5.10 Å². The molecule has 34 heavy (non-hydrogen) atoms. The summed E-state index contributed by atoms with van der Waals surface area (Å²) in [6.45, 7) is 1.94. The Morgan fingerprint density at radius 3 is 1.91 bits per heavy atom. The van der Waals surface area contributed by atoms with Crippen LogP contribution in [0.2, 0.25) is 0 Å². The van der Waals surface area contributed by atoms with E-state index in [1.54, 1.807) is 12.1 Å². The summed E-state index contributed by atoms with van der Waals surface area (Å²) >= 11 is 0. The molecule has 0 aromatic heterocycles. The molecule has 0 radical (unpaired) electrons. The van der Waals surface area contributed by atoms with Crippen LogP contribution >= 0.6 is 0 Å². The molecule has 5 heteroatoms. The Kier molecular flexibility index (Phi) is 5.86. The molecule has 1 unspecified atom stereocenters. The Hall–Kier alpha value is -3.96. The summed E-state index contributed by atoms with van der Waals surface area (Å²) in [5.74, 6) is 0. The number of nitrogens with zero attached hydrogens (tertiary/aromatic N) is 2. The first kappa shape index (κ1) is 21.9. The minimum atomic E-state index is -3.91. The molecular weight excluding hydrogens is 440 g/mol. The van der Waals surface area contributed by atoms with Gasteiger partial charge in [0.05, 0.1) is 10.6 Å². The Morgan fingerprint density at radius 2 is 1.29 bits per heavy atom. The molecule has 5 rings (SSSR count). The maximum absolute atomic E-state index is 13.9. The van der Waals surface area contributed by atoms with E-state index in [0.717, 1.165) is 27.8 Å². The van der Waals surface area contributed by atoms with Crippen LogP contribution in [-0.4, -0.2) is 18.5 Å². The van der Waals surface area contributed by atoms with Crippen LogP contribution in [0.25, 0.3) is 6.08 Å². The molecule has 0 spiro atoms. The van der Waals surface area contributed by atoms with Crippen molar-refractivity contribution in [3.63, 3.8) is 0 Å². The van der Waals surface area contributed by atoms with E-state index in [1.807, 2.05) is 116 Å². The molecule has 1 heterocycles. The first-order valence-electron chi connectivity index (χ1n) is 11.1. The van der Waals surface area contributed by atoms with Crippen molar-refractivity contribution in [3.05, 3.63) is 143 Å². The molecular formula is C29H24N2O2S. The number of sulfonamides is 1. The minimum absolute atomic E-state index is 0.219. The van der Waals surface area contributed by atoms with Gasteiger partial charge in [0.1, 0.15) is 6.04 Å². The molecule has 4 aromatic carbocycles. The zero-order valence-corrected chi connectivity index (χ0v) is 19.6. The molecule has 0 saturated heterocycles. The maximum atomic E-state index is 13.9. The summed E-state index contributed by atoms with van der Waals surface area (Å²) in [6, 6.07) is 35.6. The normalized spacial score (nSPS) is 17.1. The molecule has 0 amide bonds. The molecule has 4 aromatic rings. The van der Waals surface area contributed by atoms with Crippen molar-refractivity contribution in [2.45, 2.75) is 17.9 Å². The maximum Gasteiger partial charge on any atom is 0.279 e. The average molecular weight is 465 g/mol. The fraction of sp³-hybridized carbons (Fsp3) is 0.0690. The molecule has 1 aliphatic rings. The second kappa shape index (κ2) is 9.12. The topological polar surface area (TPSA) is 49.7 Å². The van der Waals surface area contributed by atoms with Gasteiger partial charge in [0.25, 0.3) is 10.0 Å². The van der Waals surface area contributed by atoms with Crippen LogP contribution < -0.4 is 0 Å². The summed E-state index contributed by atoms with van der Waals surface area (Å²) in [5.41, 5.74) is 5.19. The van der Waals surface area contributed by atoms with Crippen LogP contribution in [0, 0.1) is 6.92 Å². The third-order valence-electron chi connectivity index (χ3n) is 5.84. The third-order valence-corrected chi connectivity index (χ3v) is 7.49. The summed E-state index contributed by atoms with van der Waals surface area (Å²) in [6.07, 6.45) is 2.04. The Morgan fingerprint density at radius 1 is 0.735 bits per heavy atom. The van der Waals surface area contributed by atoms with E-state index < -0.39 is 16.1 Å². The van der Waals surface area contributed by atoms with Crippen molar-refractivity contribution in [1.82, 2.24) is 4.41 Å². The molecule has 1 aliphatic heterocycles. The van der Waals surface area contributed by atoms with Crippen molar-refractivity contribution < 1.29 is 8.42 Å². The van der Waals surface area contributed by atoms with Gasteiger partial charge in [-0.1, -0.05) is 109 Å². The standard InChI is InChI=1S/C29H24N2O2S/c1-22-17-19-26(20-18-22)34(32,33)31-29(25-15-9-4-10-16-25)27(21-23-11-5-2-6-12-23)28(30-31)24-13-7-3-8-14-24/h2-21,29H,1H3/b27-21-. The summed E-state index contributed by atoms with van der Waals surface area (Å²) in [4.78, 5) is 0.219. The number of hydrogen-bond acceptors (Lipinski definition) is 3. The lowest BCUT2D eigenvalue weighted by Crippen LogP contribution is -2.28. The molecule has 4 nitrogen and oxygen atoms in total. The van der Waals surface area contributed by atoms with Gasteiger partial charge in [-0.2, -0.15) is 17.9 Å². The highest BCUT2D eigenvalue weighted by atomic mass is 32.2. The van der Waals surface area contributed by atoms with Gasteiger partial charge in [-0.15, -0.1) is 0 Å². The lowest BCUT2D eigenvalue weighted by Gasteiger charge is -2.24. The molecule has 0 bridgehead atoms. The predicted octanol–water partition coefficient (Wildman–Crippen LogP) is 6.23. The SMILES string of the molecule is Cc1ccc(S(=O)(=O)N2N=C(c3ccccc3)/C(=C/c3ccccc3)C2c2ccccc2)cc1. The first-order valence-corrected chi connectivity index (χ1v) is 12.6. The van der Waals surface area contributed by atoms with Gasteiger partial charge < -0.3 is 0 Å². The number of benzene rings is 4. The highest BCUT2D eigenvalue weighted by Crippen LogP contribution is 2.41.